The number of tetrazole rings is 1. The summed E-state index contributed by atoms with van der Waals surface area (Å²) in [5, 5.41) is 13.4. The maximum atomic E-state index is 6.21. The number of aromatic nitrogens is 4. The van der Waals surface area contributed by atoms with Crippen LogP contribution < -0.4 is 4.74 Å². The zero-order valence-corrected chi connectivity index (χ0v) is 12.0. The topological polar surface area (TPSA) is 52.8 Å². The first-order valence-corrected chi connectivity index (χ1v) is 7.37. The van der Waals surface area contributed by atoms with Crippen LogP contribution in [-0.4, -0.2) is 27.3 Å². The van der Waals surface area contributed by atoms with Gasteiger partial charge in [0, 0.05) is 10.8 Å². The maximum Gasteiger partial charge on any atom is 0.209 e. The molecule has 0 amide bonds. The molecule has 1 aliphatic carbocycles. The van der Waals surface area contributed by atoms with Gasteiger partial charge in [-0.2, -0.15) is 0 Å². The van der Waals surface area contributed by atoms with Crippen LogP contribution in [0.1, 0.15) is 24.4 Å². The first-order chi connectivity index (χ1) is 9.28. The number of thioether (sulfide) groups is 1. The quantitative estimate of drug-likeness (QED) is 0.794. The fourth-order valence-electron chi connectivity index (χ4n) is 1.74. The molecule has 5 nitrogen and oxygen atoms in total. The number of hydrogen-bond acceptors (Lipinski definition) is 5. The van der Waals surface area contributed by atoms with Gasteiger partial charge in [-0.1, -0.05) is 29.4 Å². The van der Waals surface area contributed by atoms with Crippen molar-refractivity contribution in [3.8, 4) is 5.75 Å². The Morgan fingerprint density at radius 2 is 2.32 bits per heavy atom. The van der Waals surface area contributed by atoms with Crippen LogP contribution >= 0.6 is 23.4 Å². The average Bonchev–Trinajstić information content (AvgIpc) is 3.16. The Balaban J connectivity index is 1.70. The van der Waals surface area contributed by atoms with Gasteiger partial charge >= 0.3 is 0 Å². The smallest absolute Gasteiger partial charge is 0.209 e. The third kappa shape index (κ3) is 2.84. The molecule has 3 rings (SSSR count). The van der Waals surface area contributed by atoms with Crippen molar-refractivity contribution in [1.29, 1.82) is 0 Å². The summed E-state index contributed by atoms with van der Waals surface area (Å²) in [6.07, 6.45) is 2.34. The second-order valence-corrected chi connectivity index (χ2v) is 5.73. The van der Waals surface area contributed by atoms with Gasteiger partial charge in [0.1, 0.15) is 5.75 Å². The number of nitrogens with zero attached hydrogens (tertiary/aromatic N) is 4. The van der Waals surface area contributed by atoms with Crippen LogP contribution in [0.15, 0.2) is 23.4 Å². The highest BCUT2D eigenvalue weighted by Gasteiger charge is 2.27. The van der Waals surface area contributed by atoms with E-state index in [4.69, 9.17) is 16.3 Å². The highest BCUT2D eigenvalue weighted by atomic mass is 35.5. The molecule has 0 spiro atoms. The van der Waals surface area contributed by atoms with Crippen molar-refractivity contribution < 1.29 is 4.74 Å². The van der Waals surface area contributed by atoms with E-state index < -0.39 is 0 Å². The zero-order chi connectivity index (χ0) is 13.2. The lowest BCUT2D eigenvalue weighted by molar-refractivity contribution is 0.414. The van der Waals surface area contributed by atoms with Crippen LogP contribution in [0, 0.1) is 0 Å². The number of halogens is 1. The average molecular weight is 297 g/mol. The van der Waals surface area contributed by atoms with E-state index in [1.807, 2.05) is 22.9 Å². The third-order valence-electron chi connectivity index (χ3n) is 2.97. The second kappa shape index (κ2) is 5.38. The van der Waals surface area contributed by atoms with Crippen molar-refractivity contribution in [2.24, 2.45) is 0 Å². The summed E-state index contributed by atoms with van der Waals surface area (Å²) in [6, 6.07) is 6.19. The van der Waals surface area contributed by atoms with Crippen LogP contribution in [0.3, 0.4) is 0 Å². The number of methoxy groups -OCH3 is 1. The molecule has 1 heterocycles. The molecule has 2 aromatic rings. The van der Waals surface area contributed by atoms with Crippen molar-refractivity contribution in [2.75, 3.05) is 7.11 Å². The number of rotatable bonds is 5. The molecule has 1 aromatic carbocycles. The van der Waals surface area contributed by atoms with Crippen molar-refractivity contribution >= 4 is 23.4 Å². The molecule has 100 valence electrons. The van der Waals surface area contributed by atoms with E-state index in [0.717, 1.165) is 22.2 Å². The fraction of sp³-hybridized carbons (Fsp3) is 0.417. The first kappa shape index (κ1) is 12.7. The van der Waals surface area contributed by atoms with E-state index >= 15 is 0 Å². The van der Waals surface area contributed by atoms with E-state index in [-0.39, 0.29) is 0 Å². The molecule has 0 atom stereocenters. The van der Waals surface area contributed by atoms with E-state index in [1.54, 1.807) is 18.9 Å². The Hall–Kier alpha value is -1.27. The van der Waals surface area contributed by atoms with Crippen LogP contribution in [0.2, 0.25) is 5.02 Å². The summed E-state index contributed by atoms with van der Waals surface area (Å²) in [5.41, 5.74) is 1.05. The summed E-state index contributed by atoms with van der Waals surface area (Å²) < 4.78 is 7.04. The Bertz CT molecular complexity index is 585. The minimum Gasteiger partial charge on any atom is -0.497 e. The second-order valence-electron chi connectivity index (χ2n) is 4.38. The molecule has 0 bridgehead atoms. The number of ether oxygens (including phenoxy) is 1. The lowest BCUT2D eigenvalue weighted by Gasteiger charge is -2.06. The lowest BCUT2D eigenvalue weighted by atomic mass is 10.2. The van der Waals surface area contributed by atoms with Crippen LogP contribution in [0.4, 0.5) is 0 Å². The molecular formula is C12H13ClN4OS. The number of hydrogen-bond donors (Lipinski definition) is 0. The van der Waals surface area contributed by atoms with Gasteiger partial charge in [-0.25, -0.2) is 4.68 Å². The first-order valence-electron chi connectivity index (χ1n) is 6.01. The molecule has 19 heavy (non-hydrogen) atoms. The van der Waals surface area contributed by atoms with Crippen LogP contribution in [-0.2, 0) is 5.75 Å². The maximum absolute atomic E-state index is 6.21. The van der Waals surface area contributed by atoms with Gasteiger partial charge in [-0.15, -0.1) is 5.10 Å². The minimum atomic E-state index is 0.490. The predicted molar refractivity (Wildman–Crippen MR) is 73.7 cm³/mol. The van der Waals surface area contributed by atoms with Crippen molar-refractivity contribution in [3.63, 3.8) is 0 Å². The molecule has 0 unspecified atom stereocenters. The molecular weight excluding hydrogens is 284 g/mol. The molecule has 1 saturated carbocycles. The van der Waals surface area contributed by atoms with Crippen LogP contribution in [0.25, 0.3) is 0 Å². The predicted octanol–water partition coefficient (Wildman–Crippen LogP) is 2.96. The Kier molecular flexibility index (Phi) is 3.61. The molecule has 1 aromatic heterocycles. The zero-order valence-electron chi connectivity index (χ0n) is 10.4. The molecule has 7 heteroatoms. The van der Waals surface area contributed by atoms with Gasteiger partial charge in [0.15, 0.2) is 0 Å². The normalized spacial score (nSPS) is 14.6. The van der Waals surface area contributed by atoms with Crippen molar-refractivity contribution in [1.82, 2.24) is 20.2 Å². The summed E-state index contributed by atoms with van der Waals surface area (Å²) in [5.74, 6) is 1.51. The van der Waals surface area contributed by atoms with E-state index in [2.05, 4.69) is 15.5 Å². The largest absolute Gasteiger partial charge is 0.497 e. The molecule has 1 fully saturated rings. The standard InChI is InChI=1S/C12H13ClN4OS/c1-18-10-5-2-8(11(13)6-10)7-19-12-14-15-16-17(12)9-3-4-9/h2,5-6,9H,3-4,7H2,1H3. The Morgan fingerprint density at radius 3 is 3.00 bits per heavy atom. The molecule has 0 aliphatic heterocycles. The summed E-state index contributed by atoms with van der Waals surface area (Å²) in [6.45, 7) is 0. The summed E-state index contributed by atoms with van der Waals surface area (Å²) in [4.78, 5) is 0. The summed E-state index contributed by atoms with van der Waals surface area (Å²) in [7, 11) is 1.63. The van der Waals surface area contributed by atoms with Crippen LogP contribution in [0.5, 0.6) is 5.75 Å². The molecule has 0 N–H and O–H groups in total. The van der Waals surface area contributed by atoms with Gasteiger partial charge in [0.05, 0.1) is 13.2 Å². The van der Waals surface area contributed by atoms with Gasteiger partial charge in [0.25, 0.3) is 0 Å². The van der Waals surface area contributed by atoms with Gasteiger partial charge in [-0.05, 0) is 41.0 Å². The molecule has 0 radical (unpaired) electrons. The van der Waals surface area contributed by atoms with Gasteiger partial charge in [0.2, 0.25) is 5.16 Å². The number of benzene rings is 1. The van der Waals surface area contributed by atoms with E-state index in [1.165, 1.54) is 12.8 Å². The van der Waals surface area contributed by atoms with Crippen molar-refractivity contribution in [3.05, 3.63) is 28.8 Å². The summed E-state index contributed by atoms with van der Waals surface area (Å²) >= 11 is 7.82. The van der Waals surface area contributed by atoms with Gasteiger partial charge in [-0.3, -0.25) is 0 Å². The molecule has 0 saturated heterocycles. The SMILES string of the molecule is COc1ccc(CSc2nnnn2C2CC2)c(Cl)c1. The monoisotopic (exact) mass is 296 g/mol. The van der Waals surface area contributed by atoms with E-state index in [9.17, 15) is 0 Å². The molecule has 1 aliphatic rings. The highest BCUT2D eigenvalue weighted by Crippen LogP contribution is 2.37. The van der Waals surface area contributed by atoms with E-state index in [0.29, 0.717) is 11.1 Å². The fourth-order valence-corrected chi connectivity index (χ4v) is 3.01. The Morgan fingerprint density at radius 1 is 1.47 bits per heavy atom. The van der Waals surface area contributed by atoms with Crippen molar-refractivity contribution in [2.45, 2.75) is 29.8 Å². The minimum absolute atomic E-state index is 0.490. The highest BCUT2D eigenvalue weighted by molar-refractivity contribution is 7.98. The Labute approximate surface area is 120 Å². The van der Waals surface area contributed by atoms with Gasteiger partial charge < -0.3 is 4.74 Å². The third-order valence-corrected chi connectivity index (χ3v) is 4.31. The lowest BCUT2D eigenvalue weighted by Crippen LogP contribution is -1.98.